The van der Waals surface area contributed by atoms with E-state index in [9.17, 15) is 5.11 Å². The van der Waals surface area contributed by atoms with E-state index in [1.54, 1.807) is 6.07 Å². The average molecular weight is 277 g/mol. The fourth-order valence-corrected chi connectivity index (χ4v) is 3.18. The number of fused-ring (bicyclic) bond motifs is 1. The van der Waals surface area contributed by atoms with Gasteiger partial charge in [-0.2, -0.15) is 0 Å². The van der Waals surface area contributed by atoms with Gasteiger partial charge in [0.25, 0.3) is 0 Å². The molecule has 0 spiro atoms. The number of benzene rings is 1. The van der Waals surface area contributed by atoms with Crippen LogP contribution in [0.4, 0.5) is 0 Å². The lowest BCUT2D eigenvalue weighted by Crippen LogP contribution is -2.33. The molecule has 1 aromatic rings. The number of piperidine rings is 1. The first kappa shape index (κ1) is 13.6. The molecule has 20 heavy (non-hydrogen) atoms. The molecule has 0 unspecified atom stereocenters. The van der Waals surface area contributed by atoms with Crippen molar-refractivity contribution < 1.29 is 14.6 Å². The van der Waals surface area contributed by atoms with E-state index in [1.807, 2.05) is 6.07 Å². The van der Waals surface area contributed by atoms with Crippen LogP contribution >= 0.6 is 0 Å². The third-order valence-corrected chi connectivity index (χ3v) is 4.37. The van der Waals surface area contributed by atoms with E-state index in [4.69, 9.17) is 9.47 Å². The molecule has 1 N–H and O–H groups in total. The Bertz CT molecular complexity index is 467. The van der Waals surface area contributed by atoms with Gasteiger partial charge in [0.05, 0.1) is 0 Å². The number of hydrogen-bond donors (Lipinski definition) is 1. The van der Waals surface area contributed by atoms with Crippen LogP contribution in [-0.4, -0.2) is 29.9 Å². The van der Waals surface area contributed by atoms with Crippen LogP contribution in [0.2, 0.25) is 0 Å². The fraction of sp³-hybridized carbons (Fsp3) is 0.625. The van der Waals surface area contributed by atoms with Gasteiger partial charge in [0.2, 0.25) is 6.79 Å². The number of ether oxygens (including phenoxy) is 2. The van der Waals surface area contributed by atoms with Gasteiger partial charge in [-0.25, -0.2) is 0 Å². The molecular formula is C16H23NO3. The molecule has 0 bridgehead atoms. The summed E-state index contributed by atoms with van der Waals surface area (Å²) in [4.78, 5) is 2.42. The van der Waals surface area contributed by atoms with E-state index in [1.165, 1.54) is 25.7 Å². The predicted octanol–water partition coefficient (Wildman–Crippen LogP) is 3.13. The average Bonchev–Trinajstić information content (AvgIpc) is 2.89. The lowest BCUT2D eigenvalue weighted by molar-refractivity contribution is 0.169. The predicted molar refractivity (Wildman–Crippen MR) is 77.1 cm³/mol. The number of hydrogen-bond acceptors (Lipinski definition) is 4. The van der Waals surface area contributed by atoms with E-state index in [0.717, 1.165) is 36.9 Å². The van der Waals surface area contributed by atoms with Gasteiger partial charge in [-0.15, -0.1) is 0 Å². The molecule has 2 aliphatic heterocycles. The number of phenolic OH excluding ortho intramolecular Hbond substituents is 1. The largest absolute Gasteiger partial charge is 0.507 e. The van der Waals surface area contributed by atoms with Crippen molar-refractivity contribution in [3.63, 3.8) is 0 Å². The van der Waals surface area contributed by atoms with Gasteiger partial charge in [0, 0.05) is 18.2 Å². The van der Waals surface area contributed by atoms with E-state index in [2.05, 4.69) is 11.8 Å². The van der Waals surface area contributed by atoms with Gasteiger partial charge < -0.3 is 14.6 Å². The molecule has 2 aliphatic rings. The van der Waals surface area contributed by atoms with Crippen molar-refractivity contribution in [3.05, 3.63) is 17.7 Å². The maximum absolute atomic E-state index is 10.1. The van der Waals surface area contributed by atoms with Crippen molar-refractivity contribution in [1.29, 1.82) is 0 Å². The molecule has 1 fully saturated rings. The zero-order valence-corrected chi connectivity index (χ0v) is 12.1. The third kappa shape index (κ3) is 2.85. The van der Waals surface area contributed by atoms with Crippen LogP contribution in [0.15, 0.2) is 12.1 Å². The van der Waals surface area contributed by atoms with Crippen molar-refractivity contribution >= 4 is 0 Å². The number of phenols is 1. The van der Waals surface area contributed by atoms with Crippen LogP contribution in [-0.2, 0) is 6.54 Å². The minimum atomic E-state index is 0.251. The second-order valence-corrected chi connectivity index (χ2v) is 5.84. The van der Waals surface area contributed by atoms with Gasteiger partial charge >= 0.3 is 0 Å². The van der Waals surface area contributed by atoms with E-state index in [0.29, 0.717) is 11.5 Å². The van der Waals surface area contributed by atoms with Crippen LogP contribution in [0.1, 0.15) is 38.2 Å². The molecule has 0 aliphatic carbocycles. The summed E-state index contributed by atoms with van der Waals surface area (Å²) in [5.74, 6) is 2.60. The molecule has 4 nitrogen and oxygen atoms in total. The van der Waals surface area contributed by atoms with Crippen molar-refractivity contribution in [3.8, 4) is 17.2 Å². The van der Waals surface area contributed by atoms with Crippen molar-refractivity contribution in [2.45, 2.75) is 39.2 Å². The Hall–Kier alpha value is -1.42. The van der Waals surface area contributed by atoms with Crippen molar-refractivity contribution in [1.82, 2.24) is 4.90 Å². The zero-order chi connectivity index (χ0) is 13.9. The Balaban J connectivity index is 1.61. The fourth-order valence-electron chi connectivity index (χ4n) is 3.18. The van der Waals surface area contributed by atoms with Crippen LogP contribution in [0.5, 0.6) is 17.2 Å². The Labute approximate surface area is 120 Å². The lowest BCUT2D eigenvalue weighted by atomic mass is 9.92. The first-order valence-electron chi connectivity index (χ1n) is 7.60. The zero-order valence-electron chi connectivity index (χ0n) is 12.1. The Kier molecular flexibility index (Phi) is 4.01. The highest BCUT2D eigenvalue weighted by atomic mass is 16.7. The van der Waals surface area contributed by atoms with Crippen LogP contribution in [0.3, 0.4) is 0 Å². The maximum atomic E-state index is 10.1. The standard InChI is InChI=1S/C16H23NO3/c1-2-3-12-4-6-17(7-5-12)10-13-8-15-16(9-14(13)18)20-11-19-15/h8-9,12,18H,2-7,10-11H2,1H3. The van der Waals surface area contributed by atoms with Crippen LogP contribution in [0, 0.1) is 5.92 Å². The molecule has 1 saturated heterocycles. The second kappa shape index (κ2) is 5.92. The highest BCUT2D eigenvalue weighted by molar-refractivity contribution is 5.51. The highest BCUT2D eigenvalue weighted by Crippen LogP contribution is 2.38. The molecular weight excluding hydrogens is 254 g/mol. The molecule has 0 aromatic heterocycles. The van der Waals surface area contributed by atoms with E-state index >= 15 is 0 Å². The van der Waals surface area contributed by atoms with Crippen molar-refractivity contribution in [2.24, 2.45) is 5.92 Å². The maximum Gasteiger partial charge on any atom is 0.231 e. The molecule has 2 heterocycles. The summed E-state index contributed by atoms with van der Waals surface area (Å²) >= 11 is 0. The number of likely N-dealkylation sites (tertiary alicyclic amines) is 1. The molecule has 1 aromatic carbocycles. The third-order valence-electron chi connectivity index (χ3n) is 4.37. The Morgan fingerprint density at radius 3 is 2.60 bits per heavy atom. The number of nitrogens with zero attached hydrogens (tertiary/aromatic N) is 1. The van der Waals surface area contributed by atoms with Gasteiger partial charge in [-0.1, -0.05) is 19.8 Å². The molecule has 4 heteroatoms. The first-order valence-corrected chi connectivity index (χ1v) is 7.60. The van der Waals surface area contributed by atoms with Crippen LogP contribution in [0.25, 0.3) is 0 Å². The minimum Gasteiger partial charge on any atom is -0.507 e. The molecule has 0 atom stereocenters. The lowest BCUT2D eigenvalue weighted by Gasteiger charge is -2.32. The summed E-state index contributed by atoms with van der Waals surface area (Å²) < 4.78 is 10.6. The highest BCUT2D eigenvalue weighted by Gasteiger charge is 2.21. The van der Waals surface area contributed by atoms with Gasteiger partial charge in [-0.3, -0.25) is 4.90 Å². The monoisotopic (exact) mass is 277 g/mol. The smallest absolute Gasteiger partial charge is 0.231 e. The van der Waals surface area contributed by atoms with Crippen molar-refractivity contribution in [2.75, 3.05) is 19.9 Å². The Morgan fingerprint density at radius 2 is 1.90 bits per heavy atom. The molecule has 3 rings (SSSR count). The summed E-state index contributed by atoms with van der Waals surface area (Å²) in [7, 11) is 0. The Morgan fingerprint density at radius 1 is 1.20 bits per heavy atom. The normalized spacial score (nSPS) is 19.4. The summed E-state index contributed by atoms with van der Waals surface area (Å²) in [5.41, 5.74) is 0.934. The molecule has 0 saturated carbocycles. The van der Waals surface area contributed by atoms with E-state index in [-0.39, 0.29) is 6.79 Å². The number of aromatic hydroxyl groups is 1. The van der Waals surface area contributed by atoms with Gasteiger partial charge in [0.15, 0.2) is 11.5 Å². The molecule has 110 valence electrons. The van der Waals surface area contributed by atoms with Gasteiger partial charge in [-0.05, 0) is 37.9 Å². The topological polar surface area (TPSA) is 41.9 Å². The van der Waals surface area contributed by atoms with Crippen LogP contribution < -0.4 is 9.47 Å². The molecule has 0 radical (unpaired) electrons. The summed E-state index contributed by atoms with van der Waals surface area (Å²) in [6.07, 6.45) is 5.19. The summed E-state index contributed by atoms with van der Waals surface area (Å²) in [6, 6.07) is 3.58. The second-order valence-electron chi connectivity index (χ2n) is 5.84. The molecule has 0 amide bonds. The summed E-state index contributed by atoms with van der Waals surface area (Å²) in [5, 5.41) is 10.1. The minimum absolute atomic E-state index is 0.251. The van der Waals surface area contributed by atoms with E-state index < -0.39 is 0 Å². The number of rotatable bonds is 4. The quantitative estimate of drug-likeness (QED) is 0.918. The first-order chi connectivity index (χ1) is 9.76. The summed E-state index contributed by atoms with van der Waals surface area (Å²) in [6.45, 7) is 5.55. The van der Waals surface area contributed by atoms with Gasteiger partial charge in [0.1, 0.15) is 5.75 Å². The SMILES string of the molecule is CCCC1CCN(Cc2cc3c(cc2O)OCO3)CC1.